The lowest BCUT2D eigenvalue weighted by Gasteiger charge is -2.16. The average Bonchev–Trinajstić information content (AvgIpc) is 2.56. The maximum Gasteiger partial charge on any atom is 0.254 e. The van der Waals surface area contributed by atoms with Gasteiger partial charge in [0.05, 0.1) is 5.56 Å². The van der Waals surface area contributed by atoms with E-state index in [4.69, 9.17) is 0 Å². The van der Waals surface area contributed by atoms with Crippen LogP contribution in [-0.2, 0) is 6.42 Å². The van der Waals surface area contributed by atoms with Crippen molar-refractivity contribution in [3.8, 4) is 0 Å². The fourth-order valence-corrected chi connectivity index (χ4v) is 2.57. The summed E-state index contributed by atoms with van der Waals surface area (Å²) in [6.45, 7) is 5.31. The Labute approximate surface area is 151 Å². The first-order chi connectivity index (χ1) is 12.3. The van der Waals surface area contributed by atoms with Gasteiger partial charge in [0.2, 0.25) is 0 Å². The zero-order valence-electron chi connectivity index (χ0n) is 15.0. The van der Waals surface area contributed by atoms with E-state index in [1.165, 1.54) is 24.3 Å². The van der Waals surface area contributed by atoms with Crippen molar-refractivity contribution in [2.75, 3.05) is 0 Å². The summed E-state index contributed by atoms with van der Waals surface area (Å²) in [7, 11) is 0. The van der Waals surface area contributed by atoms with Crippen LogP contribution in [0.2, 0.25) is 0 Å². The van der Waals surface area contributed by atoms with E-state index < -0.39 is 29.5 Å². The van der Waals surface area contributed by atoms with Crippen molar-refractivity contribution in [2.24, 2.45) is 0 Å². The number of hydrogen-bond donors (Lipinski definition) is 2. The van der Waals surface area contributed by atoms with Crippen LogP contribution >= 0.6 is 0 Å². The van der Waals surface area contributed by atoms with Crippen LogP contribution in [0.4, 0.5) is 8.78 Å². The average molecular weight is 360 g/mol. The molecule has 0 aromatic heterocycles. The molecule has 1 unspecified atom stereocenters. The number of benzene rings is 2. The standard InChI is InChI=1S/C20H22F2N2O2/c1-12(2)23-20(26)17-9-5-6-14(18(17)22)10-13(3)24-19(25)15-7-4-8-16(21)11-15/h4-9,11-13H,10H2,1-3H3,(H,23,26)(H,24,25). The molecule has 138 valence electrons. The molecule has 4 nitrogen and oxygen atoms in total. The highest BCUT2D eigenvalue weighted by Crippen LogP contribution is 2.15. The summed E-state index contributed by atoms with van der Waals surface area (Å²) in [6.07, 6.45) is 0.204. The third-order valence-corrected chi connectivity index (χ3v) is 3.73. The predicted octanol–water partition coefficient (Wildman–Crippen LogP) is 3.46. The number of carbonyl (C=O) groups is 2. The molecule has 26 heavy (non-hydrogen) atoms. The van der Waals surface area contributed by atoms with Crippen molar-refractivity contribution in [3.63, 3.8) is 0 Å². The van der Waals surface area contributed by atoms with E-state index in [1.54, 1.807) is 32.9 Å². The highest BCUT2D eigenvalue weighted by atomic mass is 19.1. The predicted molar refractivity (Wildman–Crippen MR) is 96.0 cm³/mol. The van der Waals surface area contributed by atoms with Crippen LogP contribution in [0.5, 0.6) is 0 Å². The zero-order chi connectivity index (χ0) is 19.3. The minimum absolute atomic E-state index is 0.0279. The van der Waals surface area contributed by atoms with Crippen molar-refractivity contribution in [3.05, 3.63) is 70.8 Å². The van der Waals surface area contributed by atoms with Gasteiger partial charge in [-0.1, -0.05) is 18.2 Å². The van der Waals surface area contributed by atoms with Gasteiger partial charge in [0.15, 0.2) is 0 Å². The van der Waals surface area contributed by atoms with Crippen molar-refractivity contribution >= 4 is 11.8 Å². The molecule has 1 atom stereocenters. The van der Waals surface area contributed by atoms with Crippen LogP contribution < -0.4 is 10.6 Å². The van der Waals surface area contributed by atoms with Gasteiger partial charge >= 0.3 is 0 Å². The molecule has 0 aliphatic carbocycles. The van der Waals surface area contributed by atoms with Gasteiger partial charge in [-0.2, -0.15) is 0 Å². The summed E-state index contributed by atoms with van der Waals surface area (Å²) in [5.74, 6) is -2.01. The lowest BCUT2D eigenvalue weighted by atomic mass is 10.0. The monoisotopic (exact) mass is 360 g/mol. The van der Waals surface area contributed by atoms with Crippen molar-refractivity contribution in [2.45, 2.75) is 39.3 Å². The Morgan fingerprint density at radius 2 is 1.65 bits per heavy atom. The fraction of sp³-hybridized carbons (Fsp3) is 0.300. The smallest absolute Gasteiger partial charge is 0.254 e. The molecule has 0 saturated carbocycles. The Kier molecular flexibility index (Phi) is 6.44. The first-order valence-corrected chi connectivity index (χ1v) is 8.42. The highest BCUT2D eigenvalue weighted by Gasteiger charge is 2.18. The topological polar surface area (TPSA) is 58.2 Å². The first-order valence-electron chi connectivity index (χ1n) is 8.42. The van der Waals surface area contributed by atoms with E-state index in [0.29, 0.717) is 5.56 Å². The van der Waals surface area contributed by atoms with E-state index in [0.717, 1.165) is 6.07 Å². The van der Waals surface area contributed by atoms with Crippen LogP contribution in [0.25, 0.3) is 0 Å². The summed E-state index contributed by atoms with van der Waals surface area (Å²) >= 11 is 0. The second kappa shape index (κ2) is 8.56. The molecule has 0 spiro atoms. The molecule has 2 amide bonds. The number of rotatable bonds is 6. The SMILES string of the molecule is CC(C)NC(=O)c1cccc(CC(C)NC(=O)c2cccc(F)c2)c1F. The molecule has 0 aliphatic rings. The van der Waals surface area contributed by atoms with Crippen molar-refractivity contribution in [1.29, 1.82) is 0 Å². The zero-order valence-corrected chi connectivity index (χ0v) is 15.0. The van der Waals surface area contributed by atoms with Gasteiger partial charge in [-0.3, -0.25) is 9.59 Å². The molecule has 0 saturated heterocycles. The van der Waals surface area contributed by atoms with Crippen molar-refractivity contribution in [1.82, 2.24) is 10.6 Å². The Morgan fingerprint density at radius 1 is 0.962 bits per heavy atom. The summed E-state index contributed by atoms with van der Waals surface area (Å²) in [5, 5.41) is 5.36. The molecule has 0 fully saturated rings. The molecule has 2 rings (SSSR count). The van der Waals surface area contributed by atoms with Gasteiger partial charge in [-0.05, 0) is 57.0 Å². The number of nitrogens with one attached hydrogen (secondary N) is 2. The van der Waals surface area contributed by atoms with E-state index in [2.05, 4.69) is 10.6 Å². The number of hydrogen-bond acceptors (Lipinski definition) is 2. The lowest BCUT2D eigenvalue weighted by Crippen LogP contribution is -2.34. The Morgan fingerprint density at radius 3 is 2.31 bits per heavy atom. The third-order valence-electron chi connectivity index (χ3n) is 3.73. The maximum atomic E-state index is 14.6. The van der Waals surface area contributed by atoms with Gasteiger partial charge in [-0.15, -0.1) is 0 Å². The largest absolute Gasteiger partial charge is 0.350 e. The Hall–Kier alpha value is -2.76. The van der Waals surface area contributed by atoms with Crippen molar-refractivity contribution < 1.29 is 18.4 Å². The van der Waals surface area contributed by atoms with Crippen LogP contribution in [0.15, 0.2) is 42.5 Å². The number of amides is 2. The highest BCUT2D eigenvalue weighted by molar-refractivity contribution is 5.95. The minimum atomic E-state index is -0.600. The maximum absolute atomic E-state index is 14.6. The number of carbonyl (C=O) groups excluding carboxylic acids is 2. The van der Waals surface area contributed by atoms with E-state index in [9.17, 15) is 18.4 Å². The minimum Gasteiger partial charge on any atom is -0.350 e. The van der Waals surface area contributed by atoms with Crippen LogP contribution in [-0.4, -0.2) is 23.9 Å². The van der Waals surface area contributed by atoms with Gasteiger partial charge < -0.3 is 10.6 Å². The number of halogens is 2. The molecule has 0 heterocycles. The Bertz CT molecular complexity index is 806. The summed E-state index contributed by atoms with van der Waals surface area (Å²) in [4.78, 5) is 24.2. The molecule has 0 aliphatic heterocycles. The molecule has 0 bridgehead atoms. The molecule has 0 radical (unpaired) electrons. The van der Waals surface area contributed by atoms with Gasteiger partial charge in [0.1, 0.15) is 11.6 Å². The van der Waals surface area contributed by atoms with Gasteiger partial charge in [0, 0.05) is 17.6 Å². The van der Waals surface area contributed by atoms with Crippen LogP contribution in [0.3, 0.4) is 0 Å². The second-order valence-corrected chi connectivity index (χ2v) is 6.50. The van der Waals surface area contributed by atoms with Crippen LogP contribution in [0, 0.1) is 11.6 Å². The van der Waals surface area contributed by atoms with E-state index in [1.807, 2.05) is 0 Å². The summed E-state index contributed by atoms with van der Waals surface area (Å²) in [6, 6.07) is 9.45. The first kappa shape index (κ1) is 19.6. The molecule has 2 N–H and O–H groups in total. The van der Waals surface area contributed by atoms with E-state index >= 15 is 0 Å². The molecule has 6 heteroatoms. The Balaban J connectivity index is 2.08. The quantitative estimate of drug-likeness (QED) is 0.829. The van der Waals surface area contributed by atoms with Crippen LogP contribution in [0.1, 0.15) is 47.1 Å². The third kappa shape index (κ3) is 5.12. The molecular weight excluding hydrogens is 338 g/mol. The molecular formula is C20H22F2N2O2. The second-order valence-electron chi connectivity index (χ2n) is 6.50. The molecule has 2 aromatic rings. The molecule has 2 aromatic carbocycles. The van der Waals surface area contributed by atoms with E-state index in [-0.39, 0.29) is 23.6 Å². The summed E-state index contributed by atoms with van der Waals surface area (Å²) < 4.78 is 27.8. The summed E-state index contributed by atoms with van der Waals surface area (Å²) in [5.41, 5.74) is 0.496. The fourth-order valence-electron chi connectivity index (χ4n) is 2.57. The normalized spacial score (nSPS) is 11.9. The van der Waals surface area contributed by atoms with Gasteiger partial charge in [-0.25, -0.2) is 8.78 Å². The lowest BCUT2D eigenvalue weighted by molar-refractivity contribution is 0.0928. The van der Waals surface area contributed by atoms with Gasteiger partial charge in [0.25, 0.3) is 11.8 Å².